The standard InChI is InChI=1S/C16H20O7/c1-10(2)16(21)22-9-12(8-17)23-15(20)6-4-11-3-5-13(18)14(19)7-11/h3,5,7,12,17-19H,1,4,6,8-9H2,2H3. The molecule has 0 aromatic heterocycles. The molecule has 1 atom stereocenters. The summed E-state index contributed by atoms with van der Waals surface area (Å²) in [5.74, 6) is -1.71. The Balaban J connectivity index is 2.42. The van der Waals surface area contributed by atoms with Gasteiger partial charge in [-0.3, -0.25) is 4.79 Å². The summed E-state index contributed by atoms with van der Waals surface area (Å²) in [6.07, 6.45) is -0.648. The number of hydrogen-bond acceptors (Lipinski definition) is 7. The lowest BCUT2D eigenvalue weighted by Gasteiger charge is -2.15. The van der Waals surface area contributed by atoms with Gasteiger partial charge in [-0.1, -0.05) is 12.6 Å². The molecule has 1 aromatic carbocycles. The van der Waals surface area contributed by atoms with Gasteiger partial charge in [0.2, 0.25) is 0 Å². The molecule has 7 heteroatoms. The Hall–Kier alpha value is -2.54. The molecular weight excluding hydrogens is 304 g/mol. The number of phenolic OH excluding ortho intramolecular Hbond substituents is 2. The maximum Gasteiger partial charge on any atom is 0.333 e. The van der Waals surface area contributed by atoms with E-state index in [4.69, 9.17) is 14.6 Å². The molecule has 1 aromatic rings. The highest BCUT2D eigenvalue weighted by Gasteiger charge is 2.16. The minimum absolute atomic E-state index is 0.00908. The molecule has 0 saturated carbocycles. The quantitative estimate of drug-likeness (QED) is 0.372. The van der Waals surface area contributed by atoms with Gasteiger partial charge in [0.25, 0.3) is 0 Å². The number of phenols is 2. The van der Waals surface area contributed by atoms with E-state index in [0.29, 0.717) is 5.56 Å². The number of esters is 2. The van der Waals surface area contributed by atoms with Gasteiger partial charge in [-0.2, -0.15) is 0 Å². The van der Waals surface area contributed by atoms with Gasteiger partial charge in [-0.05, 0) is 31.0 Å². The molecule has 1 unspecified atom stereocenters. The molecule has 23 heavy (non-hydrogen) atoms. The maximum atomic E-state index is 11.7. The fourth-order valence-corrected chi connectivity index (χ4v) is 1.63. The van der Waals surface area contributed by atoms with Crippen molar-refractivity contribution < 1.29 is 34.4 Å². The van der Waals surface area contributed by atoms with Crippen molar-refractivity contribution in [3.63, 3.8) is 0 Å². The van der Waals surface area contributed by atoms with Crippen molar-refractivity contribution >= 4 is 11.9 Å². The Morgan fingerprint density at radius 1 is 1.26 bits per heavy atom. The number of rotatable bonds is 8. The van der Waals surface area contributed by atoms with Crippen molar-refractivity contribution in [2.24, 2.45) is 0 Å². The molecule has 0 aliphatic heterocycles. The molecule has 3 N–H and O–H groups in total. The van der Waals surface area contributed by atoms with Crippen LogP contribution in [0, 0.1) is 0 Å². The van der Waals surface area contributed by atoms with E-state index in [2.05, 4.69) is 6.58 Å². The lowest BCUT2D eigenvalue weighted by atomic mass is 10.1. The Kier molecular flexibility index (Phi) is 7.08. The summed E-state index contributed by atoms with van der Waals surface area (Å²) in [4.78, 5) is 22.9. The number of carbonyl (C=O) groups excluding carboxylic acids is 2. The summed E-state index contributed by atoms with van der Waals surface area (Å²) >= 11 is 0. The first-order valence-electron chi connectivity index (χ1n) is 6.97. The van der Waals surface area contributed by atoms with E-state index in [-0.39, 0.29) is 36.5 Å². The van der Waals surface area contributed by atoms with Crippen LogP contribution in [-0.2, 0) is 25.5 Å². The van der Waals surface area contributed by atoms with E-state index in [9.17, 15) is 19.8 Å². The number of aliphatic hydroxyl groups is 1. The van der Waals surface area contributed by atoms with Crippen molar-refractivity contribution in [3.8, 4) is 11.5 Å². The second kappa shape index (κ2) is 8.79. The molecule has 0 amide bonds. The van der Waals surface area contributed by atoms with E-state index in [1.165, 1.54) is 19.1 Å². The highest BCUT2D eigenvalue weighted by Crippen LogP contribution is 2.25. The molecule has 1 rings (SSSR count). The summed E-state index contributed by atoms with van der Waals surface area (Å²) in [6, 6.07) is 4.24. The highest BCUT2D eigenvalue weighted by atomic mass is 16.6. The predicted octanol–water partition coefficient (Wildman–Crippen LogP) is 1.05. The van der Waals surface area contributed by atoms with E-state index in [1.54, 1.807) is 6.07 Å². The van der Waals surface area contributed by atoms with Gasteiger partial charge in [0.15, 0.2) is 17.6 Å². The van der Waals surface area contributed by atoms with Crippen LogP contribution in [0.2, 0.25) is 0 Å². The van der Waals surface area contributed by atoms with E-state index in [0.717, 1.165) is 0 Å². The Morgan fingerprint density at radius 2 is 1.96 bits per heavy atom. The van der Waals surface area contributed by atoms with Gasteiger partial charge in [-0.15, -0.1) is 0 Å². The predicted molar refractivity (Wildman–Crippen MR) is 80.8 cm³/mol. The molecule has 126 valence electrons. The molecule has 7 nitrogen and oxygen atoms in total. The first-order valence-corrected chi connectivity index (χ1v) is 6.97. The number of ether oxygens (including phenoxy) is 2. The van der Waals surface area contributed by atoms with Gasteiger partial charge in [-0.25, -0.2) is 4.79 Å². The monoisotopic (exact) mass is 324 g/mol. The SMILES string of the molecule is C=C(C)C(=O)OCC(CO)OC(=O)CCc1ccc(O)c(O)c1. The summed E-state index contributed by atoms with van der Waals surface area (Å²) < 4.78 is 9.81. The maximum absolute atomic E-state index is 11.7. The number of aliphatic hydroxyl groups excluding tert-OH is 1. The van der Waals surface area contributed by atoms with E-state index < -0.39 is 24.6 Å². The third-order valence-corrected chi connectivity index (χ3v) is 2.91. The number of hydrogen-bond donors (Lipinski definition) is 3. The van der Waals surface area contributed by atoms with Gasteiger partial charge in [0.1, 0.15) is 6.61 Å². The molecule has 0 aliphatic rings. The van der Waals surface area contributed by atoms with Gasteiger partial charge in [0, 0.05) is 12.0 Å². The minimum Gasteiger partial charge on any atom is -0.504 e. The van der Waals surface area contributed by atoms with Gasteiger partial charge >= 0.3 is 11.9 Å². The largest absolute Gasteiger partial charge is 0.504 e. The van der Waals surface area contributed by atoms with Crippen LogP contribution >= 0.6 is 0 Å². The lowest BCUT2D eigenvalue weighted by Crippen LogP contribution is -2.28. The summed E-state index contributed by atoms with van der Waals surface area (Å²) in [5, 5.41) is 27.7. The van der Waals surface area contributed by atoms with Gasteiger partial charge < -0.3 is 24.8 Å². The molecule has 0 spiro atoms. The van der Waals surface area contributed by atoms with Crippen molar-refractivity contribution in [1.29, 1.82) is 0 Å². The number of aromatic hydroxyl groups is 2. The van der Waals surface area contributed by atoms with Crippen molar-refractivity contribution in [3.05, 3.63) is 35.9 Å². The average molecular weight is 324 g/mol. The molecule has 0 saturated heterocycles. The second-order valence-corrected chi connectivity index (χ2v) is 5.00. The lowest BCUT2D eigenvalue weighted by molar-refractivity contribution is -0.159. The van der Waals surface area contributed by atoms with Crippen LogP contribution in [0.3, 0.4) is 0 Å². The first-order chi connectivity index (χ1) is 10.8. The molecule has 0 aliphatic carbocycles. The Bertz CT molecular complexity index is 580. The molecule has 0 heterocycles. The fraction of sp³-hybridized carbons (Fsp3) is 0.375. The highest BCUT2D eigenvalue weighted by molar-refractivity contribution is 5.86. The summed E-state index contributed by atoms with van der Waals surface area (Å²) in [5.41, 5.74) is 0.853. The van der Waals surface area contributed by atoms with Crippen LogP contribution in [0.4, 0.5) is 0 Å². The Labute approximate surface area is 133 Å². The van der Waals surface area contributed by atoms with Crippen LogP contribution in [-0.4, -0.2) is 46.6 Å². The summed E-state index contributed by atoms with van der Waals surface area (Å²) in [7, 11) is 0. The normalized spacial score (nSPS) is 11.6. The third-order valence-electron chi connectivity index (χ3n) is 2.91. The summed E-state index contributed by atoms with van der Waals surface area (Å²) in [6.45, 7) is 4.16. The van der Waals surface area contributed by atoms with Crippen LogP contribution in [0.25, 0.3) is 0 Å². The van der Waals surface area contributed by atoms with Crippen molar-refractivity contribution in [1.82, 2.24) is 0 Å². The number of benzene rings is 1. The Morgan fingerprint density at radius 3 is 2.52 bits per heavy atom. The fourth-order valence-electron chi connectivity index (χ4n) is 1.63. The molecular formula is C16H20O7. The van der Waals surface area contributed by atoms with Crippen LogP contribution < -0.4 is 0 Å². The first kappa shape index (κ1) is 18.5. The van der Waals surface area contributed by atoms with Gasteiger partial charge in [0.05, 0.1) is 6.61 Å². The number of carbonyl (C=O) groups is 2. The average Bonchev–Trinajstić information content (AvgIpc) is 2.51. The molecule has 0 bridgehead atoms. The smallest absolute Gasteiger partial charge is 0.333 e. The topological polar surface area (TPSA) is 113 Å². The zero-order valence-corrected chi connectivity index (χ0v) is 12.8. The second-order valence-electron chi connectivity index (χ2n) is 5.00. The van der Waals surface area contributed by atoms with Crippen LogP contribution in [0.15, 0.2) is 30.4 Å². The zero-order chi connectivity index (χ0) is 17.4. The van der Waals surface area contributed by atoms with E-state index in [1.807, 2.05) is 0 Å². The van der Waals surface area contributed by atoms with Crippen molar-refractivity contribution in [2.45, 2.75) is 25.9 Å². The third kappa shape index (κ3) is 6.39. The van der Waals surface area contributed by atoms with Crippen molar-refractivity contribution in [2.75, 3.05) is 13.2 Å². The van der Waals surface area contributed by atoms with E-state index >= 15 is 0 Å². The minimum atomic E-state index is -0.945. The molecule has 0 radical (unpaired) electrons. The molecule has 0 fully saturated rings. The number of aryl methyl sites for hydroxylation is 1. The van der Waals surface area contributed by atoms with Crippen LogP contribution in [0.1, 0.15) is 18.9 Å². The van der Waals surface area contributed by atoms with Crippen LogP contribution in [0.5, 0.6) is 11.5 Å². The zero-order valence-electron chi connectivity index (χ0n) is 12.8.